The predicted octanol–water partition coefficient (Wildman–Crippen LogP) is 0.960. The maximum absolute atomic E-state index is 10.4. The first kappa shape index (κ1) is 9.74. The van der Waals surface area contributed by atoms with Gasteiger partial charge in [-0.05, 0) is 29.8 Å². The highest BCUT2D eigenvalue weighted by atomic mass is 16.5. The van der Waals surface area contributed by atoms with Crippen LogP contribution in [0, 0.1) is 0 Å². The Labute approximate surface area is 84.5 Å². The summed E-state index contributed by atoms with van der Waals surface area (Å²) in [5, 5.41) is 13.5. The van der Waals surface area contributed by atoms with E-state index in [0.29, 0.717) is 6.42 Å². The molecule has 1 heterocycles. The molecule has 3 nitrogen and oxygen atoms in total. The second-order valence-corrected chi connectivity index (χ2v) is 3.97. The molecular formula is C11H17NO2. The maximum atomic E-state index is 10.4. The summed E-state index contributed by atoms with van der Waals surface area (Å²) < 4.78 is 5.39. The van der Waals surface area contributed by atoms with Gasteiger partial charge < -0.3 is 15.2 Å². The highest BCUT2D eigenvalue weighted by Gasteiger charge is 2.42. The summed E-state index contributed by atoms with van der Waals surface area (Å²) in [6, 6.07) is 0. The van der Waals surface area contributed by atoms with Crippen molar-refractivity contribution in [2.45, 2.75) is 31.5 Å². The van der Waals surface area contributed by atoms with Gasteiger partial charge in [-0.2, -0.15) is 0 Å². The minimum absolute atomic E-state index is 0.0763. The molecule has 14 heavy (non-hydrogen) atoms. The van der Waals surface area contributed by atoms with Crippen molar-refractivity contribution in [2.24, 2.45) is 0 Å². The van der Waals surface area contributed by atoms with Crippen LogP contribution in [-0.2, 0) is 4.74 Å². The number of hydrogen-bond donors (Lipinski definition) is 2. The fraction of sp³-hybridized carbons (Fsp3) is 0.636. The number of dihydropyridines is 1. The van der Waals surface area contributed by atoms with Crippen LogP contribution >= 0.6 is 0 Å². The summed E-state index contributed by atoms with van der Waals surface area (Å²) in [7, 11) is 1.70. The third-order valence-corrected chi connectivity index (χ3v) is 3.29. The summed E-state index contributed by atoms with van der Waals surface area (Å²) in [5.41, 5.74) is 1.60. The van der Waals surface area contributed by atoms with Crippen molar-refractivity contribution in [1.29, 1.82) is 0 Å². The lowest BCUT2D eigenvalue weighted by Crippen LogP contribution is -2.28. The van der Waals surface area contributed by atoms with E-state index in [-0.39, 0.29) is 6.10 Å². The molecule has 3 heteroatoms. The van der Waals surface area contributed by atoms with Gasteiger partial charge in [-0.3, -0.25) is 0 Å². The zero-order valence-electron chi connectivity index (χ0n) is 8.71. The Kier molecular flexibility index (Phi) is 2.37. The van der Waals surface area contributed by atoms with Crippen molar-refractivity contribution < 1.29 is 9.84 Å². The van der Waals surface area contributed by atoms with Gasteiger partial charge in [0.1, 0.15) is 0 Å². The lowest BCUT2D eigenvalue weighted by atomic mass is 9.91. The van der Waals surface area contributed by atoms with Crippen molar-refractivity contribution in [3.8, 4) is 0 Å². The Morgan fingerprint density at radius 1 is 1.71 bits per heavy atom. The van der Waals surface area contributed by atoms with E-state index in [4.69, 9.17) is 4.74 Å². The van der Waals surface area contributed by atoms with Crippen LogP contribution in [0.3, 0.4) is 0 Å². The highest BCUT2D eigenvalue weighted by Crippen LogP contribution is 2.40. The standard InChI is InChI=1S/C11H17NO2/c1-3-11(13)6-10(14-2)8-7-12-5-4-9(8)11/h4-5,10,12-13H,3,6-7H2,1-2H3. The molecule has 0 saturated heterocycles. The third kappa shape index (κ3) is 1.28. The Morgan fingerprint density at radius 2 is 2.50 bits per heavy atom. The van der Waals surface area contributed by atoms with Gasteiger partial charge in [-0.15, -0.1) is 0 Å². The monoisotopic (exact) mass is 195 g/mol. The van der Waals surface area contributed by atoms with Crippen LogP contribution in [-0.4, -0.2) is 30.5 Å². The SMILES string of the molecule is CCC1(O)CC(OC)C2=C1C=CNC2. The average molecular weight is 195 g/mol. The minimum Gasteiger partial charge on any atom is -0.387 e. The molecular weight excluding hydrogens is 178 g/mol. The zero-order chi connectivity index (χ0) is 10.2. The fourth-order valence-electron chi connectivity index (χ4n) is 2.35. The number of nitrogens with one attached hydrogen (secondary N) is 1. The Balaban J connectivity index is 2.36. The molecule has 2 aliphatic rings. The number of ether oxygens (including phenoxy) is 1. The number of rotatable bonds is 2. The van der Waals surface area contributed by atoms with Gasteiger partial charge in [0.2, 0.25) is 0 Å². The normalized spacial score (nSPS) is 35.8. The van der Waals surface area contributed by atoms with Gasteiger partial charge in [-0.25, -0.2) is 0 Å². The molecule has 0 radical (unpaired) electrons. The summed E-state index contributed by atoms with van der Waals surface area (Å²) >= 11 is 0. The van der Waals surface area contributed by atoms with Crippen LogP contribution in [0.25, 0.3) is 0 Å². The first-order chi connectivity index (χ1) is 6.71. The molecule has 0 fully saturated rings. The average Bonchev–Trinajstić information content (AvgIpc) is 2.54. The lowest BCUT2D eigenvalue weighted by molar-refractivity contribution is 0.0326. The Bertz CT molecular complexity index is 296. The molecule has 0 aromatic rings. The van der Waals surface area contributed by atoms with E-state index in [1.54, 1.807) is 7.11 Å². The number of hydrogen-bond acceptors (Lipinski definition) is 3. The van der Waals surface area contributed by atoms with Crippen LogP contribution in [0.5, 0.6) is 0 Å². The second-order valence-electron chi connectivity index (χ2n) is 3.97. The summed E-state index contributed by atoms with van der Waals surface area (Å²) in [5.74, 6) is 0. The molecule has 2 atom stereocenters. The van der Waals surface area contributed by atoms with Gasteiger partial charge in [0.15, 0.2) is 0 Å². The molecule has 2 N–H and O–H groups in total. The van der Waals surface area contributed by atoms with Gasteiger partial charge in [-0.1, -0.05) is 6.92 Å². The molecule has 2 unspecified atom stereocenters. The van der Waals surface area contributed by atoms with Crippen molar-refractivity contribution in [3.63, 3.8) is 0 Å². The van der Waals surface area contributed by atoms with Crippen LogP contribution < -0.4 is 5.32 Å². The summed E-state index contributed by atoms with van der Waals surface area (Å²) in [6.07, 6.45) is 5.39. The molecule has 1 aliphatic heterocycles. The Morgan fingerprint density at radius 3 is 3.14 bits per heavy atom. The first-order valence-electron chi connectivity index (χ1n) is 5.10. The van der Waals surface area contributed by atoms with E-state index in [0.717, 1.165) is 18.5 Å². The quantitative estimate of drug-likeness (QED) is 0.689. The second kappa shape index (κ2) is 3.41. The minimum atomic E-state index is -0.672. The van der Waals surface area contributed by atoms with Gasteiger partial charge in [0, 0.05) is 20.1 Å². The molecule has 0 aromatic carbocycles. The van der Waals surface area contributed by atoms with Crippen molar-refractivity contribution >= 4 is 0 Å². The van der Waals surface area contributed by atoms with Crippen LogP contribution in [0.4, 0.5) is 0 Å². The maximum Gasteiger partial charge on any atom is 0.0923 e. The molecule has 1 aliphatic carbocycles. The van der Waals surface area contributed by atoms with E-state index in [1.165, 1.54) is 5.57 Å². The molecule has 2 rings (SSSR count). The third-order valence-electron chi connectivity index (χ3n) is 3.29. The smallest absolute Gasteiger partial charge is 0.0923 e. The molecule has 0 saturated carbocycles. The topological polar surface area (TPSA) is 41.5 Å². The number of methoxy groups -OCH3 is 1. The van der Waals surface area contributed by atoms with Crippen LogP contribution in [0.1, 0.15) is 19.8 Å². The van der Waals surface area contributed by atoms with E-state index < -0.39 is 5.60 Å². The molecule has 0 aromatic heterocycles. The zero-order valence-corrected chi connectivity index (χ0v) is 8.71. The van der Waals surface area contributed by atoms with E-state index >= 15 is 0 Å². The van der Waals surface area contributed by atoms with Gasteiger partial charge >= 0.3 is 0 Å². The molecule has 0 amide bonds. The summed E-state index contributed by atoms with van der Waals surface area (Å²) in [6.45, 7) is 2.81. The molecule has 0 spiro atoms. The lowest BCUT2D eigenvalue weighted by Gasteiger charge is -2.24. The molecule has 78 valence electrons. The van der Waals surface area contributed by atoms with Crippen LogP contribution in [0.15, 0.2) is 23.4 Å². The Hall–Kier alpha value is -0.800. The van der Waals surface area contributed by atoms with Crippen molar-refractivity contribution in [2.75, 3.05) is 13.7 Å². The number of aliphatic hydroxyl groups is 1. The van der Waals surface area contributed by atoms with E-state index in [9.17, 15) is 5.11 Å². The first-order valence-corrected chi connectivity index (χ1v) is 5.10. The van der Waals surface area contributed by atoms with Gasteiger partial charge in [0.25, 0.3) is 0 Å². The van der Waals surface area contributed by atoms with Crippen LogP contribution in [0.2, 0.25) is 0 Å². The fourth-order valence-corrected chi connectivity index (χ4v) is 2.35. The van der Waals surface area contributed by atoms with Crippen molar-refractivity contribution in [1.82, 2.24) is 5.32 Å². The van der Waals surface area contributed by atoms with Crippen molar-refractivity contribution in [3.05, 3.63) is 23.4 Å². The molecule has 0 bridgehead atoms. The summed E-state index contributed by atoms with van der Waals surface area (Å²) in [4.78, 5) is 0. The van der Waals surface area contributed by atoms with E-state index in [2.05, 4.69) is 5.32 Å². The highest BCUT2D eigenvalue weighted by molar-refractivity contribution is 5.44. The largest absolute Gasteiger partial charge is 0.387 e. The van der Waals surface area contributed by atoms with Gasteiger partial charge in [0.05, 0.1) is 11.7 Å². The predicted molar refractivity (Wildman–Crippen MR) is 54.8 cm³/mol. The van der Waals surface area contributed by atoms with E-state index in [1.807, 2.05) is 19.2 Å².